The second-order valence-corrected chi connectivity index (χ2v) is 8.87. The van der Waals surface area contributed by atoms with E-state index in [9.17, 15) is 26.3 Å². The van der Waals surface area contributed by atoms with Gasteiger partial charge in [0.05, 0.1) is 22.6 Å². The second kappa shape index (κ2) is 11.1. The Morgan fingerprint density at radius 3 is 2.14 bits per heavy atom. The summed E-state index contributed by atoms with van der Waals surface area (Å²) in [5.41, 5.74) is 1.37. The van der Waals surface area contributed by atoms with E-state index in [1.165, 1.54) is 36.4 Å². The van der Waals surface area contributed by atoms with Crippen LogP contribution in [0.5, 0.6) is 5.75 Å². The number of nitrogens with zero attached hydrogens (tertiary/aromatic N) is 4. The van der Waals surface area contributed by atoms with Crippen LogP contribution < -0.4 is 10.1 Å². The maximum Gasteiger partial charge on any atom is 0.573 e. The number of piperazine rings is 1. The first-order chi connectivity index (χ1) is 17.5. The molecule has 2 heterocycles. The van der Waals surface area contributed by atoms with Gasteiger partial charge in [-0.05, 0) is 61.6 Å². The predicted octanol–water partition coefficient (Wildman–Crippen LogP) is 4.79. The molecule has 0 radical (unpaired) electrons. The average Bonchev–Trinajstić information content (AvgIpc) is 3.26. The fraction of sp³-hybridized carbons (Fsp3) is 0.400. The number of halogens is 6. The topological polar surface area (TPSA) is 45.6 Å². The maximum atomic E-state index is 13.0. The van der Waals surface area contributed by atoms with Gasteiger partial charge in [-0.3, -0.25) is 4.90 Å². The summed E-state index contributed by atoms with van der Waals surface area (Å²) in [7, 11) is 2.09. The molecule has 37 heavy (non-hydrogen) atoms. The van der Waals surface area contributed by atoms with Gasteiger partial charge in [-0.25, -0.2) is 4.68 Å². The first-order valence-electron chi connectivity index (χ1n) is 11.7. The normalized spacial score (nSPS) is 15.8. The molecule has 0 unspecified atom stereocenters. The third kappa shape index (κ3) is 7.46. The van der Waals surface area contributed by atoms with Crippen molar-refractivity contribution in [1.29, 1.82) is 0 Å². The van der Waals surface area contributed by atoms with Crippen molar-refractivity contribution in [3.05, 3.63) is 65.9 Å². The van der Waals surface area contributed by atoms with Gasteiger partial charge in [0.1, 0.15) is 5.75 Å². The summed E-state index contributed by atoms with van der Waals surface area (Å²) in [5, 5.41) is 7.90. The van der Waals surface area contributed by atoms with Gasteiger partial charge < -0.3 is 15.0 Å². The Hall–Kier alpha value is -3.09. The van der Waals surface area contributed by atoms with Crippen LogP contribution in [0.3, 0.4) is 0 Å². The molecule has 12 heteroatoms. The Labute approximate surface area is 210 Å². The van der Waals surface area contributed by atoms with Crippen LogP contribution in [0.15, 0.2) is 54.6 Å². The van der Waals surface area contributed by atoms with E-state index in [2.05, 4.69) is 32.0 Å². The lowest BCUT2D eigenvalue weighted by Crippen LogP contribution is -2.46. The number of ether oxygens (including phenoxy) is 1. The number of hydrogen-bond acceptors (Lipinski definition) is 5. The van der Waals surface area contributed by atoms with Crippen molar-refractivity contribution in [1.82, 2.24) is 24.9 Å². The van der Waals surface area contributed by atoms with Crippen LogP contribution in [0.25, 0.3) is 16.9 Å². The standard InChI is InChI=1S/C25H27F6N5O/c1-34-12-14-35(15-13-34)11-10-32-17-21-16-23(18-2-8-22(9-3-18)37-25(29,30)31)33-36(21)20-6-4-19(5-7-20)24(26,27)28/h2-9,16,32H,10-15,17H2,1H3. The van der Waals surface area contributed by atoms with Crippen molar-refractivity contribution in [2.75, 3.05) is 46.3 Å². The van der Waals surface area contributed by atoms with Crippen LogP contribution in [0.4, 0.5) is 26.3 Å². The Morgan fingerprint density at radius 1 is 0.892 bits per heavy atom. The molecule has 1 saturated heterocycles. The lowest BCUT2D eigenvalue weighted by molar-refractivity contribution is -0.274. The van der Waals surface area contributed by atoms with Crippen molar-refractivity contribution in [3.63, 3.8) is 0 Å². The molecule has 2 aromatic carbocycles. The molecule has 3 aromatic rings. The summed E-state index contributed by atoms with van der Waals surface area (Å²) in [6.07, 6.45) is -9.25. The summed E-state index contributed by atoms with van der Waals surface area (Å²) in [6.45, 7) is 5.96. The first kappa shape index (κ1) is 27.0. The smallest absolute Gasteiger partial charge is 0.406 e. The molecule has 1 aliphatic heterocycles. The molecule has 1 N–H and O–H groups in total. The molecule has 1 fully saturated rings. The molecule has 0 atom stereocenters. The molecule has 0 bridgehead atoms. The molecule has 0 saturated carbocycles. The van der Waals surface area contributed by atoms with E-state index >= 15 is 0 Å². The predicted molar refractivity (Wildman–Crippen MR) is 126 cm³/mol. The third-order valence-corrected chi connectivity index (χ3v) is 6.11. The van der Waals surface area contributed by atoms with E-state index in [0.717, 1.165) is 44.9 Å². The summed E-state index contributed by atoms with van der Waals surface area (Å²) < 4.78 is 81.9. The van der Waals surface area contributed by atoms with Gasteiger partial charge in [0.25, 0.3) is 0 Å². The minimum absolute atomic E-state index is 0.357. The van der Waals surface area contributed by atoms with Crippen molar-refractivity contribution in [2.24, 2.45) is 0 Å². The largest absolute Gasteiger partial charge is 0.573 e. The van der Waals surface area contributed by atoms with Crippen LogP contribution in [-0.4, -0.2) is 72.3 Å². The summed E-state index contributed by atoms with van der Waals surface area (Å²) >= 11 is 0. The number of hydrogen-bond donors (Lipinski definition) is 1. The van der Waals surface area contributed by atoms with Gasteiger partial charge in [0.2, 0.25) is 0 Å². The number of likely N-dealkylation sites (N-methyl/N-ethyl adjacent to an activating group) is 1. The average molecular weight is 528 g/mol. The van der Waals surface area contributed by atoms with Gasteiger partial charge >= 0.3 is 12.5 Å². The fourth-order valence-corrected chi connectivity index (χ4v) is 4.05. The van der Waals surface area contributed by atoms with Crippen LogP contribution in [0, 0.1) is 0 Å². The number of benzene rings is 2. The van der Waals surface area contributed by atoms with Gasteiger partial charge in [-0.1, -0.05) is 0 Å². The lowest BCUT2D eigenvalue weighted by atomic mass is 10.1. The zero-order chi connectivity index (χ0) is 26.6. The van der Waals surface area contributed by atoms with E-state index in [0.29, 0.717) is 35.7 Å². The van der Waals surface area contributed by atoms with Crippen molar-refractivity contribution < 1.29 is 31.1 Å². The van der Waals surface area contributed by atoms with Gasteiger partial charge in [0, 0.05) is 51.4 Å². The lowest BCUT2D eigenvalue weighted by Gasteiger charge is -2.32. The first-order valence-corrected chi connectivity index (χ1v) is 11.7. The second-order valence-electron chi connectivity index (χ2n) is 8.87. The fourth-order valence-electron chi connectivity index (χ4n) is 4.05. The van der Waals surface area contributed by atoms with Gasteiger partial charge in [0.15, 0.2) is 0 Å². The van der Waals surface area contributed by atoms with Crippen molar-refractivity contribution in [3.8, 4) is 22.7 Å². The zero-order valence-electron chi connectivity index (χ0n) is 20.1. The number of rotatable bonds is 8. The van der Waals surface area contributed by atoms with E-state index < -0.39 is 18.1 Å². The number of nitrogens with one attached hydrogen (secondary N) is 1. The zero-order valence-corrected chi connectivity index (χ0v) is 20.1. The van der Waals surface area contributed by atoms with Crippen LogP contribution in [0.2, 0.25) is 0 Å². The molecular weight excluding hydrogens is 500 g/mol. The molecule has 4 rings (SSSR count). The summed E-state index contributed by atoms with van der Waals surface area (Å²) in [6, 6.07) is 11.7. The van der Waals surface area contributed by atoms with E-state index in [1.807, 2.05) is 0 Å². The molecule has 200 valence electrons. The van der Waals surface area contributed by atoms with E-state index in [-0.39, 0.29) is 5.75 Å². The number of alkyl halides is 6. The molecule has 0 spiro atoms. The van der Waals surface area contributed by atoms with E-state index in [4.69, 9.17) is 0 Å². The van der Waals surface area contributed by atoms with Crippen LogP contribution in [-0.2, 0) is 12.7 Å². The highest BCUT2D eigenvalue weighted by Crippen LogP contribution is 2.31. The summed E-state index contributed by atoms with van der Waals surface area (Å²) in [4.78, 5) is 4.63. The van der Waals surface area contributed by atoms with Crippen LogP contribution in [0.1, 0.15) is 11.3 Å². The quantitative estimate of drug-likeness (QED) is 0.337. The SMILES string of the molecule is CN1CCN(CCNCc2cc(-c3ccc(OC(F)(F)F)cc3)nn2-c2ccc(C(F)(F)F)cc2)CC1. The molecular formula is C25H27F6N5O. The molecule has 0 amide bonds. The van der Waals surface area contributed by atoms with Gasteiger partial charge in [-0.15, -0.1) is 13.2 Å². The van der Waals surface area contributed by atoms with Crippen LogP contribution >= 0.6 is 0 Å². The monoisotopic (exact) mass is 527 g/mol. The minimum atomic E-state index is -4.80. The maximum absolute atomic E-state index is 13.0. The Balaban J connectivity index is 1.52. The minimum Gasteiger partial charge on any atom is -0.406 e. The highest BCUT2D eigenvalue weighted by molar-refractivity contribution is 5.61. The molecule has 1 aliphatic rings. The van der Waals surface area contributed by atoms with Crippen molar-refractivity contribution in [2.45, 2.75) is 19.1 Å². The molecule has 0 aliphatic carbocycles. The third-order valence-electron chi connectivity index (χ3n) is 6.11. The van der Waals surface area contributed by atoms with Crippen molar-refractivity contribution >= 4 is 0 Å². The Bertz CT molecular complexity index is 1150. The van der Waals surface area contributed by atoms with Gasteiger partial charge in [-0.2, -0.15) is 18.3 Å². The highest BCUT2D eigenvalue weighted by atomic mass is 19.4. The Morgan fingerprint density at radius 2 is 1.54 bits per heavy atom. The summed E-state index contributed by atoms with van der Waals surface area (Å²) in [5.74, 6) is -0.357. The van der Waals surface area contributed by atoms with E-state index in [1.54, 1.807) is 10.7 Å². The molecule has 6 nitrogen and oxygen atoms in total. The Kier molecular flexibility index (Phi) is 8.10. The molecule has 1 aromatic heterocycles. The number of aromatic nitrogens is 2. The highest BCUT2D eigenvalue weighted by Gasteiger charge is 2.31.